The van der Waals surface area contributed by atoms with Gasteiger partial charge in [-0.25, -0.2) is 19.9 Å². The Morgan fingerprint density at radius 1 is 0.973 bits per heavy atom. The predicted octanol–water partition coefficient (Wildman–Crippen LogP) is 3.99. The second kappa shape index (κ2) is 11.2. The molecule has 0 bridgehead atoms. The highest BCUT2D eigenvalue weighted by Gasteiger charge is 2.14. The molecule has 2 N–H and O–H groups in total. The maximum atomic E-state index is 12.9. The van der Waals surface area contributed by atoms with Crippen molar-refractivity contribution in [1.82, 2.24) is 29.7 Å². The van der Waals surface area contributed by atoms with Crippen molar-refractivity contribution in [3.8, 4) is 11.3 Å². The fraction of sp³-hybridized carbons (Fsp3) is 0.250. The lowest BCUT2D eigenvalue weighted by molar-refractivity contribution is 0.102. The normalized spacial score (nSPS) is 14.3. The minimum atomic E-state index is -0.150. The van der Waals surface area contributed by atoms with Crippen molar-refractivity contribution in [2.45, 2.75) is 13.5 Å². The highest BCUT2D eigenvalue weighted by Crippen LogP contribution is 2.24. The minimum Gasteiger partial charge on any atom is -0.324 e. The van der Waals surface area contributed by atoms with Crippen molar-refractivity contribution < 1.29 is 4.79 Å². The molecule has 1 fully saturated rings. The summed E-state index contributed by atoms with van der Waals surface area (Å²) in [5, 5.41) is 6.27. The van der Waals surface area contributed by atoms with E-state index >= 15 is 0 Å². The smallest absolute Gasteiger partial charge is 0.255 e. The largest absolute Gasteiger partial charge is 0.324 e. The van der Waals surface area contributed by atoms with Crippen molar-refractivity contribution >= 4 is 23.2 Å². The molecule has 1 amide bonds. The van der Waals surface area contributed by atoms with Crippen molar-refractivity contribution in [3.63, 3.8) is 0 Å². The third-order valence-corrected chi connectivity index (χ3v) is 6.47. The van der Waals surface area contributed by atoms with Crippen molar-refractivity contribution in [2.24, 2.45) is 0 Å². The van der Waals surface area contributed by atoms with Gasteiger partial charge in [0.25, 0.3) is 5.91 Å². The van der Waals surface area contributed by atoms with E-state index in [1.165, 1.54) is 11.9 Å². The molecule has 0 unspecified atom stereocenters. The maximum absolute atomic E-state index is 12.9. The van der Waals surface area contributed by atoms with E-state index in [2.05, 4.69) is 47.4 Å². The molecule has 1 saturated heterocycles. The van der Waals surface area contributed by atoms with Gasteiger partial charge in [0.15, 0.2) is 0 Å². The summed E-state index contributed by atoms with van der Waals surface area (Å²) in [7, 11) is 2.16. The molecule has 4 aromatic rings. The molecule has 1 aliphatic rings. The third-order valence-electron chi connectivity index (χ3n) is 6.47. The summed E-state index contributed by atoms with van der Waals surface area (Å²) in [6, 6.07) is 15.4. The van der Waals surface area contributed by atoms with Gasteiger partial charge in [0.05, 0.1) is 5.69 Å². The average molecular weight is 495 g/mol. The number of aromatic nitrogens is 4. The molecule has 2 aromatic heterocycles. The molecule has 9 nitrogen and oxygen atoms in total. The van der Waals surface area contributed by atoms with Crippen molar-refractivity contribution in [3.05, 3.63) is 90.1 Å². The van der Waals surface area contributed by atoms with Crippen LogP contribution in [-0.4, -0.2) is 68.9 Å². The average Bonchev–Trinajstić information content (AvgIpc) is 2.93. The van der Waals surface area contributed by atoms with Gasteiger partial charge in [-0.2, -0.15) is 0 Å². The number of rotatable bonds is 7. The lowest BCUT2D eigenvalue weighted by Gasteiger charge is -2.32. The maximum Gasteiger partial charge on any atom is 0.255 e. The zero-order valence-electron chi connectivity index (χ0n) is 21.1. The van der Waals surface area contributed by atoms with Gasteiger partial charge in [-0.1, -0.05) is 18.2 Å². The van der Waals surface area contributed by atoms with E-state index in [4.69, 9.17) is 0 Å². The standard InChI is InChI=1S/C28H30N8O/c1-20-3-8-24(15-26(20)34-28-31-10-9-25(33-28)23-16-29-19-30-17-23)32-27(37)22-6-4-21(5-7-22)18-36-13-11-35(2)12-14-36/h3-10,15-17,19H,11-14,18H2,1-2H3,(H,32,37)(H,31,33,34). The Morgan fingerprint density at radius 2 is 1.73 bits per heavy atom. The fourth-order valence-corrected chi connectivity index (χ4v) is 4.19. The van der Waals surface area contributed by atoms with Crippen LogP contribution in [-0.2, 0) is 6.54 Å². The molecule has 37 heavy (non-hydrogen) atoms. The molecule has 0 spiro atoms. The zero-order chi connectivity index (χ0) is 25.6. The first kappa shape index (κ1) is 24.5. The summed E-state index contributed by atoms with van der Waals surface area (Å²) < 4.78 is 0. The number of carbonyl (C=O) groups excluding carboxylic acids is 1. The predicted molar refractivity (Wildman–Crippen MR) is 145 cm³/mol. The lowest BCUT2D eigenvalue weighted by Crippen LogP contribution is -2.43. The first-order chi connectivity index (χ1) is 18.0. The van der Waals surface area contributed by atoms with Crippen LogP contribution < -0.4 is 10.6 Å². The van der Waals surface area contributed by atoms with E-state index in [9.17, 15) is 4.79 Å². The number of anilines is 3. The van der Waals surface area contributed by atoms with Crippen LogP contribution in [0.25, 0.3) is 11.3 Å². The fourth-order valence-electron chi connectivity index (χ4n) is 4.19. The molecule has 0 aliphatic carbocycles. The first-order valence-corrected chi connectivity index (χ1v) is 12.3. The quantitative estimate of drug-likeness (QED) is 0.398. The minimum absolute atomic E-state index is 0.150. The highest BCUT2D eigenvalue weighted by molar-refractivity contribution is 6.04. The Morgan fingerprint density at radius 3 is 2.49 bits per heavy atom. The van der Waals surface area contributed by atoms with Gasteiger partial charge >= 0.3 is 0 Å². The second-order valence-electron chi connectivity index (χ2n) is 9.28. The van der Waals surface area contributed by atoms with Crippen LogP contribution >= 0.6 is 0 Å². The van der Waals surface area contributed by atoms with E-state index < -0.39 is 0 Å². The topological polar surface area (TPSA) is 99.2 Å². The molecule has 0 radical (unpaired) electrons. The van der Waals surface area contributed by atoms with Gasteiger partial charge in [0.2, 0.25) is 5.95 Å². The number of hydrogen-bond acceptors (Lipinski definition) is 8. The number of piperazine rings is 1. The van der Waals surface area contributed by atoms with E-state index in [1.807, 2.05) is 55.5 Å². The first-order valence-electron chi connectivity index (χ1n) is 12.3. The van der Waals surface area contributed by atoms with Gasteiger partial charge in [0, 0.05) is 73.8 Å². The number of benzene rings is 2. The molecule has 0 saturated carbocycles. The van der Waals surface area contributed by atoms with Gasteiger partial charge in [0.1, 0.15) is 6.33 Å². The number of aryl methyl sites for hydroxylation is 1. The van der Waals surface area contributed by atoms with E-state index in [0.717, 1.165) is 55.2 Å². The van der Waals surface area contributed by atoms with Crippen LogP contribution in [0.5, 0.6) is 0 Å². The summed E-state index contributed by atoms with van der Waals surface area (Å²) in [5.41, 5.74) is 5.86. The van der Waals surface area contributed by atoms with Crippen molar-refractivity contribution in [1.29, 1.82) is 0 Å². The number of hydrogen-bond donors (Lipinski definition) is 2. The molecule has 5 rings (SSSR count). The van der Waals surface area contributed by atoms with Gasteiger partial charge in [-0.05, 0) is 55.4 Å². The molecule has 3 heterocycles. The molecule has 9 heteroatoms. The van der Waals surface area contributed by atoms with Gasteiger partial charge < -0.3 is 15.5 Å². The monoisotopic (exact) mass is 494 g/mol. The van der Waals surface area contributed by atoms with E-state index in [1.54, 1.807) is 18.6 Å². The number of likely N-dealkylation sites (N-methyl/N-ethyl adjacent to an activating group) is 1. The third kappa shape index (κ3) is 6.32. The molecular formula is C28H30N8O. The zero-order valence-corrected chi connectivity index (χ0v) is 21.1. The Hall–Kier alpha value is -4.21. The number of nitrogens with one attached hydrogen (secondary N) is 2. The van der Waals surface area contributed by atoms with Crippen LogP contribution in [0.1, 0.15) is 21.5 Å². The second-order valence-corrected chi connectivity index (χ2v) is 9.28. The van der Waals surface area contributed by atoms with Crippen LogP contribution in [0.2, 0.25) is 0 Å². The van der Waals surface area contributed by atoms with E-state index in [0.29, 0.717) is 17.2 Å². The van der Waals surface area contributed by atoms with Crippen LogP contribution in [0.4, 0.5) is 17.3 Å². The Kier molecular flexibility index (Phi) is 7.43. The van der Waals surface area contributed by atoms with Crippen molar-refractivity contribution in [2.75, 3.05) is 43.9 Å². The number of nitrogens with zero attached hydrogens (tertiary/aromatic N) is 6. The number of carbonyl (C=O) groups is 1. The summed E-state index contributed by atoms with van der Waals surface area (Å²) in [6.45, 7) is 7.21. The van der Waals surface area contributed by atoms with Gasteiger partial charge in [-0.3, -0.25) is 9.69 Å². The summed E-state index contributed by atoms with van der Waals surface area (Å²) in [5.74, 6) is 0.298. The SMILES string of the molecule is Cc1ccc(NC(=O)c2ccc(CN3CCN(C)CC3)cc2)cc1Nc1nccc(-c2cncnc2)n1. The Labute approximate surface area is 216 Å². The summed E-state index contributed by atoms with van der Waals surface area (Å²) in [6.07, 6.45) is 6.58. The molecule has 188 valence electrons. The lowest BCUT2D eigenvalue weighted by atomic mass is 10.1. The molecule has 0 atom stereocenters. The van der Waals surface area contributed by atoms with Crippen LogP contribution in [0.3, 0.4) is 0 Å². The summed E-state index contributed by atoms with van der Waals surface area (Å²) in [4.78, 5) is 34.7. The van der Waals surface area contributed by atoms with Gasteiger partial charge in [-0.15, -0.1) is 0 Å². The van der Waals surface area contributed by atoms with Crippen LogP contribution in [0.15, 0.2) is 73.4 Å². The Balaban J connectivity index is 1.24. The highest BCUT2D eigenvalue weighted by atomic mass is 16.1. The molecule has 2 aromatic carbocycles. The number of amides is 1. The molecular weight excluding hydrogens is 464 g/mol. The Bertz CT molecular complexity index is 1350. The van der Waals surface area contributed by atoms with Crippen LogP contribution in [0, 0.1) is 6.92 Å². The molecule has 1 aliphatic heterocycles. The summed E-state index contributed by atoms with van der Waals surface area (Å²) >= 11 is 0. The van der Waals surface area contributed by atoms with E-state index in [-0.39, 0.29) is 5.91 Å².